The second-order valence-electron chi connectivity index (χ2n) is 5.47. The second-order valence-corrected chi connectivity index (χ2v) is 5.47. The van der Waals surface area contributed by atoms with Crippen molar-refractivity contribution in [2.24, 2.45) is 5.10 Å². The molecule has 0 fully saturated rings. The quantitative estimate of drug-likeness (QED) is 0.516. The van der Waals surface area contributed by atoms with Gasteiger partial charge in [0.2, 0.25) is 5.88 Å². The van der Waals surface area contributed by atoms with Crippen molar-refractivity contribution in [3.63, 3.8) is 0 Å². The monoisotopic (exact) mass is 362 g/mol. The topological polar surface area (TPSA) is 85.7 Å². The Balaban J connectivity index is 1.66. The lowest BCUT2D eigenvalue weighted by Crippen LogP contribution is -2.17. The van der Waals surface area contributed by atoms with Gasteiger partial charge in [-0.1, -0.05) is 6.07 Å². The number of ether oxygens (including phenoxy) is 2. The van der Waals surface area contributed by atoms with Crippen molar-refractivity contribution < 1.29 is 14.3 Å². The number of carbonyl (C=O) groups is 1. The number of amides is 1. The number of hydrogen-bond acceptors (Lipinski definition) is 6. The summed E-state index contributed by atoms with van der Waals surface area (Å²) in [6, 6.07) is 14.4. The predicted molar refractivity (Wildman–Crippen MR) is 101 cm³/mol. The van der Waals surface area contributed by atoms with Crippen LogP contribution in [0, 0.1) is 0 Å². The highest BCUT2D eigenvalue weighted by atomic mass is 16.5. The van der Waals surface area contributed by atoms with Gasteiger partial charge in [0.05, 0.1) is 18.9 Å². The van der Waals surface area contributed by atoms with Crippen molar-refractivity contribution in [3.05, 3.63) is 83.8 Å². The first-order valence-corrected chi connectivity index (χ1v) is 8.20. The molecule has 1 aromatic carbocycles. The fraction of sp³-hybridized carbons (Fsp3) is 0.100. The lowest BCUT2D eigenvalue weighted by molar-refractivity contribution is 0.0955. The molecule has 0 radical (unpaired) electrons. The van der Waals surface area contributed by atoms with E-state index in [0.29, 0.717) is 23.8 Å². The standard InChI is InChI=1S/C20H18N4O3/c1-26-18-8-7-15(11-17(18)14-27-19-6-2-3-10-22-19)12-23-24-20(25)16-5-4-9-21-13-16/h2-13H,14H2,1H3,(H,24,25)/b23-12+. The summed E-state index contributed by atoms with van der Waals surface area (Å²) in [6.45, 7) is 0.296. The van der Waals surface area contributed by atoms with Crippen LogP contribution in [-0.2, 0) is 6.61 Å². The second kappa shape index (κ2) is 9.10. The Morgan fingerprint density at radius 3 is 2.85 bits per heavy atom. The Morgan fingerprint density at radius 2 is 2.11 bits per heavy atom. The predicted octanol–water partition coefficient (Wildman–Crippen LogP) is 2.83. The molecule has 3 aromatic rings. The van der Waals surface area contributed by atoms with Gasteiger partial charge in [-0.3, -0.25) is 9.78 Å². The largest absolute Gasteiger partial charge is 0.496 e. The van der Waals surface area contributed by atoms with Crippen LogP contribution in [0.15, 0.2) is 72.2 Å². The molecular formula is C20H18N4O3. The smallest absolute Gasteiger partial charge is 0.272 e. The molecule has 2 heterocycles. The maximum Gasteiger partial charge on any atom is 0.272 e. The van der Waals surface area contributed by atoms with E-state index in [1.54, 1.807) is 43.9 Å². The minimum absolute atomic E-state index is 0.296. The number of hydrogen-bond donors (Lipinski definition) is 1. The van der Waals surface area contributed by atoms with Crippen LogP contribution in [0.4, 0.5) is 0 Å². The zero-order chi connectivity index (χ0) is 18.9. The molecule has 0 atom stereocenters. The average molecular weight is 362 g/mol. The van der Waals surface area contributed by atoms with Gasteiger partial charge in [0.25, 0.3) is 5.91 Å². The molecule has 0 aliphatic rings. The Kier molecular flexibility index (Phi) is 6.08. The number of pyridine rings is 2. The number of nitrogens with zero attached hydrogens (tertiary/aromatic N) is 3. The van der Waals surface area contributed by atoms with Gasteiger partial charge in [-0.05, 0) is 42.0 Å². The first-order chi connectivity index (χ1) is 13.3. The van der Waals surface area contributed by atoms with E-state index in [4.69, 9.17) is 9.47 Å². The van der Waals surface area contributed by atoms with Gasteiger partial charge in [0.15, 0.2) is 0 Å². The van der Waals surface area contributed by atoms with E-state index in [2.05, 4.69) is 20.5 Å². The van der Waals surface area contributed by atoms with E-state index in [1.165, 1.54) is 6.20 Å². The number of methoxy groups -OCH3 is 1. The highest BCUT2D eigenvalue weighted by molar-refractivity contribution is 5.94. The zero-order valence-electron chi connectivity index (χ0n) is 14.7. The SMILES string of the molecule is COc1ccc(/C=N/NC(=O)c2cccnc2)cc1COc1ccccn1. The third kappa shape index (κ3) is 5.12. The molecule has 0 aliphatic carbocycles. The van der Waals surface area contributed by atoms with Crippen LogP contribution in [0.25, 0.3) is 0 Å². The van der Waals surface area contributed by atoms with E-state index in [-0.39, 0.29) is 5.91 Å². The number of aromatic nitrogens is 2. The highest BCUT2D eigenvalue weighted by Gasteiger charge is 2.06. The van der Waals surface area contributed by atoms with Gasteiger partial charge in [-0.15, -0.1) is 0 Å². The third-order valence-corrected chi connectivity index (χ3v) is 3.62. The molecule has 0 saturated heterocycles. The van der Waals surface area contributed by atoms with Crippen molar-refractivity contribution in [2.45, 2.75) is 6.61 Å². The van der Waals surface area contributed by atoms with Gasteiger partial charge in [-0.2, -0.15) is 5.10 Å². The van der Waals surface area contributed by atoms with Crippen LogP contribution < -0.4 is 14.9 Å². The minimum atomic E-state index is -0.327. The van der Waals surface area contributed by atoms with Crippen LogP contribution in [0.2, 0.25) is 0 Å². The van der Waals surface area contributed by atoms with Crippen molar-refractivity contribution in [2.75, 3.05) is 7.11 Å². The molecule has 7 heteroatoms. The highest BCUT2D eigenvalue weighted by Crippen LogP contribution is 2.21. The number of benzene rings is 1. The Labute approximate surface area is 156 Å². The molecule has 136 valence electrons. The van der Waals surface area contributed by atoms with E-state index < -0.39 is 0 Å². The van der Waals surface area contributed by atoms with Gasteiger partial charge >= 0.3 is 0 Å². The van der Waals surface area contributed by atoms with Crippen LogP contribution >= 0.6 is 0 Å². The maximum absolute atomic E-state index is 11.9. The fourth-order valence-electron chi connectivity index (χ4n) is 2.30. The number of rotatable bonds is 7. The molecular weight excluding hydrogens is 344 g/mol. The molecule has 0 aliphatic heterocycles. The van der Waals surface area contributed by atoms with Crippen molar-refractivity contribution >= 4 is 12.1 Å². The third-order valence-electron chi connectivity index (χ3n) is 3.62. The molecule has 27 heavy (non-hydrogen) atoms. The summed E-state index contributed by atoms with van der Waals surface area (Å²) >= 11 is 0. The molecule has 0 unspecified atom stereocenters. The molecule has 7 nitrogen and oxygen atoms in total. The number of nitrogens with one attached hydrogen (secondary N) is 1. The minimum Gasteiger partial charge on any atom is -0.496 e. The van der Waals surface area contributed by atoms with E-state index >= 15 is 0 Å². The summed E-state index contributed by atoms with van der Waals surface area (Å²) in [5.41, 5.74) is 4.54. The summed E-state index contributed by atoms with van der Waals surface area (Å²) in [4.78, 5) is 20.0. The average Bonchev–Trinajstić information content (AvgIpc) is 2.73. The van der Waals surface area contributed by atoms with Crippen LogP contribution in [0.3, 0.4) is 0 Å². The fourth-order valence-corrected chi connectivity index (χ4v) is 2.30. The van der Waals surface area contributed by atoms with Gasteiger partial charge in [-0.25, -0.2) is 10.4 Å². The van der Waals surface area contributed by atoms with Crippen LogP contribution in [-0.4, -0.2) is 29.2 Å². The summed E-state index contributed by atoms with van der Waals surface area (Å²) in [5.74, 6) is 0.899. The van der Waals surface area contributed by atoms with E-state index in [9.17, 15) is 4.79 Å². The number of carbonyl (C=O) groups excluding carboxylic acids is 1. The molecule has 0 spiro atoms. The van der Waals surface area contributed by atoms with Crippen LogP contribution in [0.1, 0.15) is 21.5 Å². The van der Waals surface area contributed by atoms with Gasteiger partial charge in [0.1, 0.15) is 12.4 Å². The summed E-state index contributed by atoms with van der Waals surface area (Å²) in [7, 11) is 1.60. The Hall–Kier alpha value is -3.74. The van der Waals surface area contributed by atoms with E-state index in [1.807, 2.05) is 30.3 Å². The lowest BCUT2D eigenvalue weighted by atomic mass is 10.1. The molecule has 1 amide bonds. The van der Waals surface area contributed by atoms with Gasteiger partial charge < -0.3 is 9.47 Å². The maximum atomic E-state index is 11.9. The molecule has 0 saturated carbocycles. The molecule has 1 N–H and O–H groups in total. The zero-order valence-corrected chi connectivity index (χ0v) is 14.7. The summed E-state index contributed by atoms with van der Waals surface area (Å²) in [5, 5.41) is 3.99. The summed E-state index contributed by atoms with van der Waals surface area (Å²) in [6.07, 6.45) is 6.30. The van der Waals surface area contributed by atoms with Crippen LogP contribution in [0.5, 0.6) is 11.6 Å². The molecule has 2 aromatic heterocycles. The molecule has 0 bridgehead atoms. The van der Waals surface area contributed by atoms with Crippen molar-refractivity contribution in [1.82, 2.24) is 15.4 Å². The van der Waals surface area contributed by atoms with Gasteiger partial charge in [0, 0.05) is 30.2 Å². The number of hydrazone groups is 1. The van der Waals surface area contributed by atoms with Crippen molar-refractivity contribution in [3.8, 4) is 11.6 Å². The summed E-state index contributed by atoms with van der Waals surface area (Å²) < 4.78 is 11.0. The molecule has 3 rings (SSSR count). The normalized spacial score (nSPS) is 10.6. The lowest BCUT2D eigenvalue weighted by Gasteiger charge is -2.10. The van der Waals surface area contributed by atoms with Crippen molar-refractivity contribution in [1.29, 1.82) is 0 Å². The first kappa shape index (κ1) is 18.1. The Morgan fingerprint density at radius 1 is 1.19 bits per heavy atom. The van der Waals surface area contributed by atoms with E-state index in [0.717, 1.165) is 11.1 Å². The Bertz CT molecular complexity index is 915. The first-order valence-electron chi connectivity index (χ1n) is 8.20.